The van der Waals surface area contributed by atoms with Crippen molar-refractivity contribution in [3.8, 4) is 0 Å². The number of hydrogen-bond donors (Lipinski definition) is 1. The molecular weight excluding hydrogens is 258 g/mol. The number of nitrogens with zero attached hydrogens (tertiary/aromatic N) is 2. The lowest BCUT2D eigenvalue weighted by Gasteiger charge is -2.35. The molecule has 0 amide bonds. The van der Waals surface area contributed by atoms with E-state index >= 15 is 0 Å². The van der Waals surface area contributed by atoms with Gasteiger partial charge in [-0.3, -0.25) is 4.68 Å². The number of hydrogen-bond acceptors (Lipinski definition) is 2. The van der Waals surface area contributed by atoms with Crippen LogP contribution in [0.3, 0.4) is 0 Å². The van der Waals surface area contributed by atoms with Crippen LogP contribution in [0.25, 0.3) is 0 Å². The standard InChI is InChI=1S/C18H25N3/c1-13-6-5-7-14(8-13)12-21-17-10-18(2,3)9-16(19-4)15(17)11-20-21/h5-8,11,16,19H,9-10,12H2,1-4H3. The molecule has 1 aromatic carbocycles. The highest BCUT2D eigenvalue weighted by atomic mass is 15.3. The van der Waals surface area contributed by atoms with Crippen molar-refractivity contribution in [1.82, 2.24) is 15.1 Å². The van der Waals surface area contributed by atoms with Gasteiger partial charge in [-0.05, 0) is 37.8 Å². The molecule has 2 aromatic rings. The van der Waals surface area contributed by atoms with Gasteiger partial charge in [-0.2, -0.15) is 5.10 Å². The molecule has 1 aliphatic carbocycles. The zero-order valence-electron chi connectivity index (χ0n) is 13.5. The van der Waals surface area contributed by atoms with E-state index in [0.29, 0.717) is 11.5 Å². The van der Waals surface area contributed by atoms with E-state index in [4.69, 9.17) is 0 Å². The smallest absolute Gasteiger partial charge is 0.0662 e. The molecule has 1 atom stereocenters. The highest BCUT2D eigenvalue weighted by molar-refractivity contribution is 5.29. The van der Waals surface area contributed by atoms with Gasteiger partial charge < -0.3 is 5.32 Å². The Kier molecular flexibility index (Phi) is 3.62. The summed E-state index contributed by atoms with van der Waals surface area (Å²) in [7, 11) is 2.05. The monoisotopic (exact) mass is 283 g/mol. The summed E-state index contributed by atoms with van der Waals surface area (Å²) < 4.78 is 2.19. The third-order valence-electron chi connectivity index (χ3n) is 4.52. The molecule has 3 rings (SSSR count). The van der Waals surface area contributed by atoms with Crippen molar-refractivity contribution in [2.45, 2.75) is 46.2 Å². The van der Waals surface area contributed by atoms with Crippen LogP contribution in [0.5, 0.6) is 0 Å². The summed E-state index contributed by atoms with van der Waals surface area (Å²) in [4.78, 5) is 0. The Labute approximate surface area is 127 Å². The molecule has 21 heavy (non-hydrogen) atoms. The van der Waals surface area contributed by atoms with Crippen LogP contribution in [0, 0.1) is 12.3 Å². The molecule has 0 saturated heterocycles. The van der Waals surface area contributed by atoms with Gasteiger partial charge in [0.25, 0.3) is 0 Å². The van der Waals surface area contributed by atoms with E-state index in [-0.39, 0.29) is 0 Å². The van der Waals surface area contributed by atoms with Crippen LogP contribution in [0.2, 0.25) is 0 Å². The van der Waals surface area contributed by atoms with Crippen molar-refractivity contribution in [3.05, 3.63) is 52.8 Å². The van der Waals surface area contributed by atoms with Gasteiger partial charge in [0.2, 0.25) is 0 Å². The number of aromatic nitrogens is 2. The molecule has 3 nitrogen and oxygen atoms in total. The summed E-state index contributed by atoms with van der Waals surface area (Å²) in [6.45, 7) is 7.71. The van der Waals surface area contributed by atoms with E-state index in [1.54, 1.807) is 0 Å². The zero-order chi connectivity index (χ0) is 15.0. The van der Waals surface area contributed by atoms with Gasteiger partial charge in [-0.15, -0.1) is 0 Å². The summed E-state index contributed by atoms with van der Waals surface area (Å²) in [6.07, 6.45) is 4.33. The second-order valence-electron chi connectivity index (χ2n) is 7.08. The van der Waals surface area contributed by atoms with Crippen molar-refractivity contribution >= 4 is 0 Å². The lowest BCUT2D eigenvalue weighted by atomic mass is 9.74. The van der Waals surface area contributed by atoms with Crippen LogP contribution in [0.15, 0.2) is 30.5 Å². The Morgan fingerprint density at radius 2 is 2.19 bits per heavy atom. The number of fused-ring (bicyclic) bond motifs is 1. The first kappa shape index (κ1) is 14.3. The maximum Gasteiger partial charge on any atom is 0.0662 e. The van der Waals surface area contributed by atoms with E-state index in [1.807, 2.05) is 7.05 Å². The Bertz CT molecular complexity index is 640. The predicted molar refractivity (Wildman–Crippen MR) is 86.4 cm³/mol. The van der Waals surface area contributed by atoms with Gasteiger partial charge in [0, 0.05) is 17.3 Å². The van der Waals surface area contributed by atoms with Crippen LogP contribution < -0.4 is 5.32 Å². The quantitative estimate of drug-likeness (QED) is 0.934. The van der Waals surface area contributed by atoms with Gasteiger partial charge in [-0.25, -0.2) is 0 Å². The lowest BCUT2D eigenvalue weighted by molar-refractivity contribution is 0.258. The molecule has 0 radical (unpaired) electrons. The minimum absolute atomic E-state index is 0.324. The van der Waals surface area contributed by atoms with E-state index < -0.39 is 0 Å². The molecule has 0 aliphatic heterocycles. The van der Waals surface area contributed by atoms with Crippen molar-refractivity contribution in [2.75, 3.05) is 7.05 Å². The number of aryl methyl sites for hydroxylation is 1. The molecule has 1 N–H and O–H groups in total. The molecule has 0 fully saturated rings. The highest BCUT2D eigenvalue weighted by Crippen LogP contribution is 2.40. The van der Waals surface area contributed by atoms with E-state index in [0.717, 1.165) is 13.0 Å². The molecule has 1 aliphatic rings. The van der Waals surface area contributed by atoms with Crippen LogP contribution in [-0.4, -0.2) is 16.8 Å². The third kappa shape index (κ3) is 2.88. The van der Waals surface area contributed by atoms with Crippen LogP contribution >= 0.6 is 0 Å². The summed E-state index contributed by atoms with van der Waals surface area (Å²) in [5.41, 5.74) is 5.73. The minimum Gasteiger partial charge on any atom is -0.313 e. The van der Waals surface area contributed by atoms with E-state index in [2.05, 4.69) is 66.3 Å². The lowest BCUT2D eigenvalue weighted by Crippen LogP contribution is -2.32. The number of rotatable bonds is 3. The maximum atomic E-state index is 4.66. The highest BCUT2D eigenvalue weighted by Gasteiger charge is 2.34. The predicted octanol–water partition coefficient (Wildman–Crippen LogP) is 3.47. The van der Waals surface area contributed by atoms with Gasteiger partial charge in [0.05, 0.1) is 12.7 Å². The van der Waals surface area contributed by atoms with Gasteiger partial charge in [0.15, 0.2) is 0 Å². The van der Waals surface area contributed by atoms with Crippen molar-refractivity contribution in [1.29, 1.82) is 0 Å². The van der Waals surface area contributed by atoms with Crippen molar-refractivity contribution in [2.24, 2.45) is 5.41 Å². The van der Waals surface area contributed by atoms with Crippen molar-refractivity contribution < 1.29 is 0 Å². The van der Waals surface area contributed by atoms with Crippen LogP contribution in [0.4, 0.5) is 0 Å². The Balaban J connectivity index is 1.94. The first-order valence-electron chi connectivity index (χ1n) is 7.76. The van der Waals surface area contributed by atoms with E-state index in [9.17, 15) is 0 Å². The Morgan fingerprint density at radius 3 is 2.90 bits per heavy atom. The van der Waals surface area contributed by atoms with Gasteiger partial charge in [-0.1, -0.05) is 43.7 Å². The van der Waals surface area contributed by atoms with Crippen LogP contribution in [0.1, 0.15) is 48.7 Å². The largest absolute Gasteiger partial charge is 0.313 e. The number of nitrogens with one attached hydrogen (secondary N) is 1. The summed E-state index contributed by atoms with van der Waals surface area (Å²) >= 11 is 0. The Hall–Kier alpha value is -1.61. The van der Waals surface area contributed by atoms with Gasteiger partial charge in [0.1, 0.15) is 0 Å². The second-order valence-corrected chi connectivity index (χ2v) is 7.08. The average molecular weight is 283 g/mol. The SMILES string of the molecule is CNC1CC(C)(C)Cc2c1cnn2Cc1cccc(C)c1. The second kappa shape index (κ2) is 5.30. The topological polar surface area (TPSA) is 29.9 Å². The fourth-order valence-corrected chi connectivity index (χ4v) is 3.47. The fourth-order valence-electron chi connectivity index (χ4n) is 3.47. The van der Waals surface area contributed by atoms with Crippen LogP contribution in [-0.2, 0) is 13.0 Å². The minimum atomic E-state index is 0.324. The number of benzene rings is 1. The summed E-state index contributed by atoms with van der Waals surface area (Å²) in [5, 5.41) is 8.11. The van der Waals surface area contributed by atoms with E-state index in [1.165, 1.54) is 28.8 Å². The van der Waals surface area contributed by atoms with Crippen molar-refractivity contribution in [3.63, 3.8) is 0 Å². The fraction of sp³-hybridized carbons (Fsp3) is 0.500. The molecule has 3 heteroatoms. The molecule has 0 bridgehead atoms. The molecule has 0 spiro atoms. The third-order valence-corrected chi connectivity index (χ3v) is 4.52. The average Bonchev–Trinajstić information content (AvgIpc) is 2.80. The molecule has 1 unspecified atom stereocenters. The molecule has 0 saturated carbocycles. The first-order chi connectivity index (χ1) is 9.98. The maximum absolute atomic E-state index is 4.66. The summed E-state index contributed by atoms with van der Waals surface area (Å²) in [5.74, 6) is 0. The van der Waals surface area contributed by atoms with Gasteiger partial charge >= 0.3 is 0 Å². The molecule has 1 heterocycles. The molecule has 112 valence electrons. The summed E-state index contributed by atoms with van der Waals surface area (Å²) in [6, 6.07) is 9.13. The molecular formula is C18H25N3. The Morgan fingerprint density at radius 1 is 1.38 bits per heavy atom. The normalized spacial score (nSPS) is 20.3. The first-order valence-corrected chi connectivity index (χ1v) is 7.76. The molecule has 1 aromatic heterocycles. The zero-order valence-corrected chi connectivity index (χ0v) is 13.5.